The number of hydrogen-bond donors (Lipinski definition) is 2. The summed E-state index contributed by atoms with van der Waals surface area (Å²) in [4.78, 5) is 24.0. The van der Waals surface area contributed by atoms with Gasteiger partial charge in [-0.3, -0.25) is 0 Å². The number of carboxylic acids is 1. The fraction of sp³-hybridized carbons (Fsp3) is 0.167. The minimum absolute atomic E-state index is 0.0675. The van der Waals surface area contributed by atoms with Gasteiger partial charge in [-0.1, -0.05) is 60.7 Å². The number of halogens is 1. The molecule has 2 N–H and O–H groups in total. The molecule has 0 unspecified atom stereocenters. The van der Waals surface area contributed by atoms with Crippen LogP contribution >= 0.6 is 22.6 Å². The van der Waals surface area contributed by atoms with Crippen molar-refractivity contribution in [2.45, 2.75) is 18.4 Å². The molecule has 5 nitrogen and oxygen atoms in total. The number of carboxylic acid groups (broad SMARTS) is 1. The first-order valence-corrected chi connectivity index (χ1v) is 10.7. The highest BCUT2D eigenvalue weighted by molar-refractivity contribution is 14.1. The number of amides is 1. The number of carbonyl (C=O) groups is 2. The van der Waals surface area contributed by atoms with Gasteiger partial charge in [0, 0.05) is 15.9 Å². The Balaban J connectivity index is 1.43. The molecule has 3 aromatic carbocycles. The summed E-state index contributed by atoms with van der Waals surface area (Å²) in [5.74, 6) is -1.16. The maximum absolute atomic E-state index is 12.4. The Bertz CT molecular complexity index is 1050. The fourth-order valence-corrected chi connectivity index (χ4v) is 4.49. The minimum Gasteiger partial charge on any atom is -0.480 e. The molecule has 0 saturated carbocycles. The smallest absolute Gasteiger partial charge is 0.407 e. The molecule has 0 radical (unpaired) electrons. The number of hydrogen-bond acceptors (Lipinski definition) is 3. The van der Waals surface area contributed by atoms with Crippen LogP contribution in [0.25, 0.3) is 11.1 Å². The Hall–Kier alpha value is -2.87. The van der Waals surface area contributed by atoms with Crippen molar-refractivity contribution in [3.63, 3.8) is 0 Å². The predicted molar refractivity (Wildman–Crippen MR) is 122 cm³/mol. The Labute approximate surface area is 188 Å². The highest BCUT2D eigenvalue weighted by Gasteiger charge is 2.29. The van der Waals surface area contributed by atoms with Crippen LogP contribution in [0.2, 0.25) is 0 Å². The average Bonchev–Trinajstić information content (AvgIpc) is 3.06. The third-order valence-electron chi connectivity index (χ3n) is 5.26. The second-order valence-corrected chi connectivity index (χ2v) is 8.44. The van der Waals surface area contributed by atoms with Crippen LogP contribution in [-0.4, -0.2) is 29.8 Å². The Morgan fingerprint density at radius 1 is 0.967 bits per heavy atom. The molecule has 0 fully saturated rings. The summed E-state index contributed by atoms with van der Waals surface area (Å²) < 4.78 is 6.48. The van der Waals surface area contributed by atoms with E-state index in [1.807, 2.05) is 60.7 Å². The lowest BCUT2D eigenvalue weighted by Gasteiger charge is -2.17. The molecule has 0 bridgehead atoms. The number of carbonyl (C=O) groups excluding carboxylic acids is 1. The fourth-order valence-electron chi connectivity index (χ4n) is 3.88. The van der Waals surface area contributed by atoms with E-state index < -0.39 is 18.1 Å². The van der Waals surface area contributed by atoms with E-state index >= 15 is 0 Å². The van der Waals surface area contributed by atoms with E-state index in [-0.39, 0.29) is 18.9 Å². The van der Waals surface area contributed by atoms with Crippen molar-refractivity contribution >= 4 is 34.7 Å². The number of benzene rings is 3. The van der Waals surface area contributed by atoms with Gasteiger partial charge < -0.3 is 15.2 Å². The third-order valence-corrected chi connectivity index (χ3v) is 5.93. The molecule has 1 amide bonds. The van der Waals surface area contributed by atoms with E-state index in [0.29, 0.717) is 0 Å². The number of rotatable bonds is 6. The molecule has 0 aromatic heterocycles. The maximum atomic E-state index is 12.4. The quantitative estimate of drug-likeness (QED) is 0.464. The number of fused-ring (bicyclic) bond motifs is 3. The summed E-state index contributed by atoms with van der Waals surface area (Å²) in [6.07, 6.45) is -0.536. The van der Waals surface area contributed by atoms with Gasteiger partial charge in [-0.05, 0) is 62.5 Å². The van der Waals surface area contributed by atoms with Crippen molar-refractivity contribution in [2.75, 3.05) is 6.61 Å². The molecule has 1 atom stereocenters. The summed E-state index contributed by atoms with van der Waals surface area (Å²) in [7, 11) is 0. The van der Waals surface area contributed by atoms with Gasteiger partial charge >= 0.3 is 12.1 Å². The van der Waals surface area contributed by atoms with Gasteiger partial charge in [-0.25, -0.2) is 9.59 Å². The lowest BCUT2D eigenvalue weighted by molar-refractivity contribution is -0.139. The molecule has 1 aliphatic rings. The second-order valence-electron chi connectivity index (χ2n) is 7.19. The maximum Gasteiger partial charge on any atom is 0.407 e. The van der Waals surface area contributed by atoms with E-state index in [4.69, 9.17) is 4.74 Å². The zero-order valence-corrected chi connectivity index (χ0v) is 18.2. The standard InChI is InChI=1S/C24H20INO4/c25-16-7-5-6-15(12-16)13-22(23(27)28)26-24(29)30-14-21-19-10-3-1-8-17(19)18-9-2-4-11-20(18)21/h1-12,21-22H,13-14H2,(H,26,29)(H,27,28)/t22-/m0/s1. The summed E-state index contributed by atoms with van der Waals surface area (Å²) >= 11 is 2.17. The summed E-state index contributed by atoms with van der Waals surface area (Å²) in [5.41, 5.74) is 5.35. The van der Waals surface area contributed by atoms with Crippen LogP contribution in [0.3, 0.4) is 0 Å². The average molecular weight is 513 g/mol. The third kappa shape index (κ3) is 4.33. The molecule has 0 spiro atoms. The molecule has 1 aliphatic carbocycles. The Morgan fingerprint density at radius 2 is 1.60 bits per heavy atom. The van der Waals surface area contributed by atoms with E-state index in [1.165, 1.54) is 0 Å². The van der Waals surface area contributed by atoms with Gasteiger partial charge in [0.2, 0.25) is 0 Å². The first-order valence-electron chi connectivity index (χ1n) is 9.61. The van der Waals surface area contributed by atoms with Crippen molar-refractivity contribution < 1.29 is 19.4 Å². The predicted octanol–water partition coefficient (Wildman–Crippen LogP) is 4.83. The van der Waals surface area contributed by atoms with Crippen LogP contribution in [0.4, 0.5) is 4.79 Å². The van der Waals surface area contributed by atoms with E-state index in [0.717, 1.165) is 31.4 Å². The Kier molecular flexibility index (Phi) is 6.03. The Morgan fingerprint density at radius 3 is 2.20 bits per heavy atom. The first-order chi connectivity index (χ1) is 14.5. The number of nitrogens with one attached hydrogen (secondary N) is 1. The number of aliphatic carboxylic acids is 1. The topological polar surface area (TPSA) is 75.6 Å². The molecule has 0 aliphatic heterocycles. The number of ether oxygens (including phenoxy) is 1. The summed E-state index contributed by atoms with van der Waals surface area (Å²) in [6.45, 7) is 0.148. The van der Waals surface area contributed by atoms with Gasteiger partial charge in [0.1, 0.15) is 12.6 Å². The highest BCUT2D eigenvalue weighted by Crippen LogP contribution is 2.44. The molecule has 3 aromatic rings. The number of alkyl carbamates (subject to hydrolysis) is 1. The van der Waals surface area contributed by atoms with Gasteiger partial charge in [0.15, 0.2) is 0 Å². The van der Waals surface area contributed by atoms with Crippen LogP contribution in [0, 0.1) is 3.57 Å². The van der Waals surface area contributed by atoms with Gasteiger partial charge in [0.05, 0.1) is 0 Å². The molecule has 0 saturated heterocycles. The van der Waals surface area contributed by atoms with Crippen molar-refractivity contribution in [2.24, 2.45) is 0 Å². The first kappa shape index (κ1) is 20.4. The highest BCUT2D eigenvalue weighted by atomic mass is 127. The minimum atomic E-state index is -1.10. The SMILES string of the molecule is O=C(N[C@@H](Cc1cccc(I)c1)C(=O)O)OCC1c2ccccc2-c2ccccc21. The van der Waals surface area contributed by atoms with E-state index in [9.17, 15) is 14.7 Å². The molecular formula is C24H20INO4. The second kappa shape index (κ2) is 8.87. The van der Waals surface area contributed by atoms with Crippen molar-refractivity contribution in [1.82, 2.24) is 5.32 Å². The molecular weight excluding hydrogens is 493 g/mol. The normalized spacial score (nSPS) is 13.2. The van der Waals surface area contributed by atoms with Gasteiger partial charge in [0.25, 0.3) is 0 Å². The lowest BCUT2D eigenvalue weighted by atomic mass is 9.98. The molecule has 0 heterocycles. The van der Waals surface area contributed by atoms with Crippen LogP contribution in [-0.2, 0) is 16.0 Å². The lowest BCUT2D eigenvalue weighted by Crippen LogP contribution is -2.42. The van der Waals surface area contributed by atoms with Gasteiger partial charge in [-0.15, -0.1) is 0 Å². The van der Waals surface area contributed by atoms with Crippen molar-refractivity contribution in [3.8, 4) is 11.1 Å². The van der Waals surface area contributed by atoms with Crippen LogP contribution in [0.1, 0.15) is 22.6 Å². The summed E-state index contributed by atoms with van der Waals surface area (Å²) in [5, 5.41) is 12.0. The largest absolute Gasteiger partial charge is 0.480 e. The van der Waals surface area contributed by atoms with E-state index in [1.54, 1.807) is 0 Å². The summed E-state index contributed by atoms with van der Waals surface area (Å²) in [6, 6.07) is 22.6. The molecule has 4 rings (SSSR count). The van der Waals surface area contributed by atoms with Crippen LogP contribution in [0.5, 0.6) is 0 Å². The molecule has 6 heteroatoms. The zero-order valence-electron chi connectivity index (χ0n) is 16.0. The monoisotopic (exact) mass is 513 g/mol. The van der Waals surface area contributed by atoms with Crippen LogP contribution in [0.15, 0.2) is 72.8 Å². The molecule has 152 valence electrons. The van der Waals surface area contributed by atoms with Crippen molar-refractivity contribution in [3.05, 3.63) is 93.1 Å². The molecule has 30 heavy (non-hydrogen) atoms. The van der Waals surface area contributed by atoms with Crippen molar-refractivity contribution in [1.29, 1.82) is 0 Å². The van der Waals surface area contributed by atoms with Crippen LogP contribution < -0.4 is 5.32 Å². The van der Waals surface area contributed by atoms with E-state index in [2.05, 4.69) is 40.0 Å². The zero-order chi connectivity index (χ0) is 21.1. The van der Waals surface area contributed by atoms with Gasteiger partial charge in [-0.2, -0.15) is 0 Å².